The third-order valence-electron chi connectivity index (χ3n) is 2.02. The molecule has 1 rings (SSSR count). The lowest BCUT2D eigenvalue weighted by atomic mass is 10.0. The van der Waals surface area contributed by atoms with Crippen LogP contribution in [0, 0.1) is 0 Å². The van der Waals surface area contributed by atoms with Crippen molar-refractivity contribution >= 4 is 39.2 Å². The van der Waals surface area contributed by atoms with E-state index in [9.17, 15) is 9.59 Å². The molecule has 1 unspecified atom stereocenters. The van der Waals surface area contributed by atoms with Crippen molar-refractivity contribution in [2.24, 2.45) is 0 Å². The number of esters is 1. The van der Waals surface area contributed by atoms with E-state index in [0.29, 0.717) is 4.88 Å². The highest BCUT2D eigenvalue weighted by atomic mass is 79.9. The number of carbonyl (C=O) groups excluding carboxylic acids is 1. The minimum atomic E-state index is -1.02. The molecule has 1 heterocycles. The van der Waals surface area contributed by atoms with Gasteiger partial charge in [-0.15, -0.1) is 11.3 Å². The molecular weight excluding hydrogens is 320 g/mol. The first-order valence-electron chi connectivity index (χ1n) is 5.37. The summed E-state index contributed by atoms with van der Waals surface area (Å²) in [6.45, 7) is 5.26. The van der Waals surface area contributed by atoms with Gasteiger partial charge in [-0.05, 0) is 42.8 Å². The van der Waals surface area contributed by atoms with Crippen molar-refractivity contribution in [3.05, 3.63) is 20.8 Å². The Hall–Kier alpha value is -0.880. The van der Waals surface area contributed by atoms with Gasteiger partial charge in [0.15, 0.2) is 0 Å². The fourth-order valence-electron chi connectivity index (χ4n) is 1.37. The maximum Gasteiger partial charge on any atom is 0.312 e. The molecule has 18 heavy (non-hydrogen) atoms. The first-order valence-corrected chi connectivity index (χ1v) is 7.05. The van der Waals surface area contributed by atoms with Gasteiger partial charge in [0.05, 0.1) is 6.42 Å². The van der Waals surface area contributed by atoms with Crippen LogP contribution in [0.2, 0.25) is 0 Å². The summed E-state index contributed by atoms with van der Waals surface area (Å²) in [5, 5.41) is 11.0. The third kappa shape index (κ3) is 4.78. The number of hydrogen-bond acceptors (Lipinski definition) is 4. The van der Waals surface area contributed by atoms with Gasteiger partial charge in [-0.3, -0.25) is 9.59 Å². The number of halogens is 1. The monoisotopic (exact) mass is 334 g/mol. The fraction of sp³-hybridized carbons (Fsp3) is 0.500. The molecule has 1 aromatic rings. The molecule has 0 aliphatic carbocycles. The van der Waals surface area contributed by atoms with Crippen LogP contribution < -0.4 is 0 Å². The van der Waals surface area contributed by atoms with Crippen LogP contribution in [0.1, 0.15) is 38.0 Å². The van der Waals surface area contributed by atoms with Crippen LogP contribution in [0.4, 0.5) is 0 Å². The molecule has 6 heteroatoms. The molecule has 4 nitrogen and oxygen atoms in total. The van der Waals surface area contributed by atoms with Gasteiger partial charge in [0.1, 0.15) is 11.5 Å². The molecule has 1 atom stereocenters. The second-order valence-electron chi connectivity index (χ2n) is 4.85. The van der Waals surface area contributed by atoms with Crippen molar-refractivity contribution in [2.75, 3.05) is 0 Å². The molecule has 1 N–H and O–H groups in total. The summed E-state index contributed by atoms with van der Waals surface area (Å²) >= 11 is 4.58. The van der Waals surface area contributed by atoms with Crippen LogP contribution >= 0.6 is 27.3 Å². The summed E-state index contributed by atoms with van der Waals surface area (Å²) in [5.74, 6) is -2.37. The molecule has 0 saturated carbocycles. The van der Waals surface area contributed by atoms with E-state index in [4.69, 9.17) is 9.84 Å². The van der Waals surface area contributed by atoms with E-state index in [1.165, 1.54) is 11.3 Å². The Morgan fingerprint density at radius 2 is 2.11 bits per heavy atom. The van der Waals surface area contributed by atoms with E-state index in [-0.39, 0.29) is 6.42 Å². The van der Waals surface area contributed by atoms with Gasteiger partial charge in [-0.25, -0.2) is 0 Å². The number of thiophene rings is 1. The van der Waals surface area contributed by atoms with E-state index in [1.807, 2.05) is 0 Å². The molecule has 100 valence electrons. The number of carboxylic acids is 1. The van der Waals surface area contributed by atoms with Crippen molar-refractivity contribution < 1.29 is 19.4 Å². The maximum atomic E-state index is 11.7. The Labute approximate surface area is 118 Å². The Balaban J connectivity index is 2.76. The highest BCUT2D eigenvalue weighted by molar-refractivity contribution is 9.10. The van der Waals surface area contributed by atoms with Crippen LogP contribution in [0.5, 0.6) is 0 Å². The number of aliphatic carboxylic acids is 1. The van der Waals surface area contributed by atoms with Gasteiger partial charge in [-0.2, -0.15) is 0 Å². The summed E-state index contributed by atoms with van der Waals surface area (Å²) < 4.78 is 5.95. The average molecular weight is 335 g/mol. The Bertz CT molecular complexity index is 447. The zero-order valence-corrected chi connectivity index (χ0v) is 12.8. The van der Waals surface area contributed by atoms with Crippen molar-refractivity contribution in [1.82, 2.24) is 0 Å². The van der Waals surface area contributed by atoms with E-state index in [0.717, 1.165) is 4.47 Å². The van der Waals surface area contributed by atoms with Crippen molar-refractivity contribution in [3.63, 3.8) is 0 Å². The van der Waals surface area contributed by atoms with Gasteiger partial charge in [0.2, 0.25) is 0 Å². The van der Waals surface area contributed by atoms with Crippen LogP contribution in [0.15, 0.2) is 15.9 Å². The number of carbonyl (C=O) groups is 2. The standard InChI is InChI=1S/C12H15BrO4S/c1-12(2,3)17-10(14)5-8(11(15)16)9-4-7(13)6-18-9/h4,6,8H,5H2,1-3H3,(H,15,16). The van der Waals surface area contributed by atoms with Gasteiger partial charge < -0.3 is 9.84 Å². The largest absolute Gasteiger partial charge is 0.481 e. The summed E-state index contributed by atoms with van der Waals surface area (Å²) in [7, 11) is 0. The lowest BCUT2D eigenvalue weighted by Gasteiger charge is -2.20. The van der Waals surface area contributed by atoms with Crippen LogP contribution in [-0.2, 0) is 14.3 Å². The number of ether oxygens (including phenoxy) is 1. The molecule has 0 aliphatic heterocycles. The Kier molecular flexibility index (Phi) is 4.92. The Morgan fingerprint density at radius 3 is 2.50 bits per heavy atom. The number of rotatable bonds is 4. The third-order valence-corrected chi connectivity index (χ3v) is 3.83. The lowest BCUT2D eigenvalue weighted by molar-refractivity contribution is -0.158. The van der Waals surface area contributed by atoms with E-state index < -0.39 is 23.5 Å². The molecule has 0 aromatic carbocycles. The molecule has 0 fully saturated rings. The summed E-state index contributed by atoms with van der Waals surface area (Å²) in [4.78, 5) is 23.5. The minimum Gasteiger partial charge on any atom is -0.481 e. The summed E-state index contributed by atoms with van der Waals surface area (Å²) in [5.41, 5.74) is -0.601. The highest BCUT2D eigenvalue weighted by Crippen LogP contribution is 2.30. The van der Waals surface area contributed by atoms with E-state index in [2.05, 4.69) is 15.9 Å². The minimum absolute atomic E-state index is 0.153. The molecule has 0 bridgehead atoms. The molecular formula is C12H15BrO4S. The van der Waals surface area contributed by atoms with Crippen LogP contribution in [0.25, 0.3) is 0 Å². The van der Waals surface area contributed by atoms with E-state index in [1.54, 1.807) is 32.2 Å². The van der Waals surface area contributed by atoms with Crippen molar-refractivity contribution in [1.29, 1.82) is 0 Å². The maximum absolute atomic E-state index is 11.7. The van der Waals surface area contributed by atoms with Crippen molar-refractivity contribution in [2.45, 2.75) is 38.7 Å². The average Bonchev–Trinajstić information content (AvgIpc) is 2.57. The molecule has 0 radical (unpaired) electrons. The second-order valence-corrected chi connectivity index (χ2v) is 6.71. The summed E-state index contributed by atoms with van der Waals surface area (Å²) in [6.07, 6.45) is -0.153. The molecule has 0 amide bonds. The second kappa shape index (κ2) is 5.84. The molecule has 0 saturated heterocycles. The quantitative estimate of drug-likeness (QED) is 0.857. The van der Waals surface area contributed by atoms with Crippen molar-refractivity contribution in [3.8, 4) is 0 Å². The number of hydrogen-bond donors (Lipinski definition) is 1. The molecule has 0 spiro atoms. The van der Waals surface area contributed by atoms with Gasteiger partial charge in [0, 0.05) is 14.7 Å². The Morgan fingerprint density at radius 1 is 1.50 bits per heavy atom. The molecule has 0 aliphatic rings. The topological polar surface area (TPSA) is 63.6 Å². The van der Waals surface area contributed by atoms with Crippen LogP contribution in [0.3, 0.4) is 0 Å². The van der Waals surface area contributed by atoms with E-state index >= 15 is 0 Å². The SMILES string of the molecule is CC(C)(C)OC(=O)CC(C(=O)O)c1cc(Br)cs1. The first kappa shape index (κ1) is 15.2. The smallest absolute Gasteiger partial charge is 0.312 e. The zero-order chi connectivity index (χ0) is 13.9. The fourth-order valence-corrected chi connectivity index (χ4v) is 2.91. The van der Waals surface area contributed by atoms with Gasteiger partial charge in [-0.1, -0.05) is 0 Å². The van der Waals surface area contributed by atoms with Crippen LogP contribution in [-0.4, -0.2) is 22.6 Å². The molecule has 1 aromatic heterocycles. The highest BCUT2D eigenvalue weighted by Gasteiger charge is 2.27. The van der Waals surface area contributed by atoms with Gasteiger partial charge in [0.25, 0.3) is 0 Å². The van der Waals surface area contributed by atoms with Gasteiger partial charge >= 0.3 is 11.9 Å². The normalized spacial score (nSPS) is 13.1. The lowest BCUT2D eigenvalue weighted by Crippen LogP contribution is -2.26. The first-order chi connectivity index (χ1) is 8.19. The number of carboxylic acid groups (broad SMARTS) is 1. The predicted molar refractivity (Wildman–Crippen MR) is 72.9 cm³/mol. The zero-order valence-electron chi connectivity index (χ0n) is 10.4. The summed E-state index contributed by atoms with van der Waals surface area (Å²) in [6, 6.07) is 1.72. The predicted octanol–water partition coefficient (Wildman–Crippen LogP) is 3.41.